The van der Waals surface area contributed by atoms with Gasteiger partial charge >= 0.3 is 5.97 Å². The maximum absolute atomic E-state index is 11.7. The first-order valence-corrected chi connectivity index (χ1v) is 6.40. The molecule has 0 aliphatic carbocycles. The molecule has 108 valence electrons. The lowest BCUT2D eigenvalue weighted by molar-refractivity contribution is 0.0285. The third-order valence-corrected chi connectivity index (χ3v) is 2.56. The Bertz CT molecular complexity index is 613. The lowest BCUT2D eigenvalue weighted by atomic mass is 10.2. The molecule has 0 unspecified atom stereocenters. The monoisotopic (exact) mass is 278 g/mol. The standard InChI is InChI=1S/C14H18N2O4/c1-4-19-13(17)11-8-15-12-7-10(5-6-16(11)12)20-9-14(2,3)18/h5-8,18H,4,9H2,1-3H3. The number of hydrogen-bond donors (Lipinski definition) is 1. The van der Waals surface area contributed by atoms with Crippen LogP contribution in [0, 0.1) is 0 Å². The Morgan fingerprint density at radius 2 is 2.25 bits per heavy atom. The Morgan fingerprint density at radius 1 is 1.50 bits per heavy atom. The zero-order chi connectivity index (χ0) is 14.8. The normalized spacial score (nSPS) is 11.6. The highest BCUT2D eigenvalue weighted by Crippen LogP contribution is 2.17. The van der Waals surface area contributed by atoms with Gasteiger partial charge in [-0.15, -0.1) is 0 Å². The summed E-state index contributed by atoms with van der Waals surface area (Å²) in [6.07, 6.45) is 3.15. The van der Waals surface area contributed by atoms with E-state index in [-0.39, 0.29) is 6.61 Å². The van der Waals surface area contributed by atoms with Crippen LogP contribution in [0.15, 0.2) is 24.5 Å². The molecular formula is C14H18N2O4. The summed E-state index contributed by atoms with van der Waals surface area (Å²) in [5.41, 5.74) is 0.0506. The first-order valence-electron chi connectivity index (χ1n) is 6.40. The van der Waals surface area contributed by atoms with Crippen LogP contribution in [0.1, 0.15) is 31.3 Å². The third kappa shape index (κ3) is 3.27. The van der Waals surface area contributed by atoms with Gasteiger partial charge in [0.25, 0.3) is 0 Å². The zero-order valence-corrected chi connectivity index (χ0v) is 11.8. The highest BCUT2D eigenvalue weighted by atomic mass is 16.5. The molecule has 0 spiro atoms. The van der Waals surface area contributed by atoms with Crippen LogP contribution < -0.4 is 4.74 Å². The van der Waals surface area contributed by atoms with Crippen molar-refractivity contribution in [1.29, 1.82) is 0 Å². The van der Waals surface area contributed by atoms with Gasteiger partial charge in [0.05, 0.1) is 18.4 Å². The largest absolute Gasteiger partial charge is 0.490 e. The summed E-state index contributed by atoms with van der Waals surface area (Å²) < 4.78 is 12.1. The Morgan fingerprint density at radius 3 is 2.90 bits per heavy atom. The van der Waals surface area contributed by atoms with Crippen molar-refractivity contribution in [2.24, 2.45) is 0 Å². The van der Waals surface area contributed by atoms with Crippen LogP contribution in [-0.4, -0.2) is 39.3 Å². The van der Waals surface area contributed by atoms with E-state index in [9.17, 15) is 9.90 Å². The van der Waals surface area contributed by atoms with Crippen molar-refractivity contribution in [3.05, 3.63) is 30.2 Å². The van der Waals surface area contributed by atoms with Gasteiger partial charge in [0.2, 0.25) is 0 Å². The maximum Gasteiger partial charge on any atom is 0.356 e. The summed E-state index contributed by atoms with van der Waals surface area (Å²) in [6, 6.07) is 3.41. The molecule has 2 rings (SSSR count). The average Bonchev–Trinajstić information content (AvgIpc) is 2.78. The Hall–Kier alpha value is -2.08. The number of esters is 1. The fourth-order valence-electron chi connectivity index (χ4n) is 1.67. The molecule has 0 saturated heterocycles. The summed E-state index contributed by atoms with van der Waals surface area (Å²) >= 11 is 0. The van der Waals surface area contributed by atoms with E-state index in [0.717, 1.165) is 0 Å². The van der Waals surface area contributed by atoms with Gasteiger partial charge in [-0.25, -0.2) is 9.78 Å². The second-order valence-electron chi connectivity index (χ2n) is 5.06. The van der Waals surface area contributed by atoms with Crippen molar-refractivity contribution in [3.8, 4) is 5.75 Å². The molecule has 2 aromatic rings. The van der Waals surface area contributed by atoms with E-state index >= 15 is 0 Å². The molecule has 2 heterocycles. The van der Waals surface area contributed by atoms with Crippen LogP contribution in [0.3, 0.4) is 0 Å². The first-order chi connectivity index (χ1) is 9.40. The molecule has 0 atom stereocenters. The molecule has 20 heavy (non-hydrogen) atoms. The van der Waals surface area contributed by atoms with E-state index in [1.807, 2.05) is 0 Å². The number of fused-ring (bicyclic) bond motifs is 1. The number of aromatic nitrogens is 2. The van der Waals surface area contributed by atoms with Gasteiger partial charge in [-0.05, 0) is 26.8 Å². The summed E-state index contributed by atoms with van der Waals surface area (Å²) in [5.74, 6) is 0.172. The fraction of sp³-hybridized carbons (Fsp3) is 0.429. The molecule has 6 nitrogen and oxygen atoms in total. The number of rotatable bonds is 5. The third-order valence-electron chi connectivity index (χ3n) is 2.56. The van der Waals surface area contributed by atoms with Crippen molar-refractivity contribution < 1.29 is 19.4 Å². The first kappa shape index (κ1) is 14.3. The molecule has 1 N–H and O–H groups in total. The Labute approximate surface area is 117 Å². The van der Waals surface area contributed by atoms with Crippen LogP contribution >= 0.6 is 0 Å². The summed E-state index contributed by atoms with van der Waals surface area (Å²) in [6.45, 7) is 5.58. The lowest BCUT2D eigenvalue weighted by Gasteiger charge is -2.17. The molecule has 0 aliphatic rings. The van der Waals surface area contributed by atoms with Gasteiger partial charge in [0.15, 0.2) is 5.69 Å². The summed E-state index contributed by atoms with van der Waals surface area (Å²) in [7, 11) is 0. The molecule has 2 aromatic heterocycles. The van der Waals surface area contributed by atoms with Crippen molar-refractivity contribution in [2.75, 3.05) is 13.2 Å². The number of carbonyl (C=O) groups is 1. The van der Waals surface area contributed by atoms with Crippen LogP contribution in [-0.2, 0) is 4.74 Å². The highest BCUT2D eigenvalue weighted by Gasteiger charge is 2.15. The number of nitrogens with zero attached hydrogens (tertiary/aromatic N) is 2. The predicted molar refractivity (Wildman–Crippen MR) is 72.9 cm³/mol. The lowest BCUT2D eigenvalue weighted by Crippen LogP contribution is -2.27. The second-order valence-corrected chi connectivity index (χ2v) is 5.06. The highest BCUT2D eigenvalue weighted by molar-refractivity contribution is 5.88. The average molecular weight is 278 g/mol. The fourth-order valence-corrected chi connectivity index (χ4v) is 1.67. The molecule has 6 heteroatoms. The van der Waals surface area contributed by atoms with Gasteiger partial charge < -0.3 is 14.6 Å². The van der Waals surface area contributed by atoms with Crippen LogP contribution in [0.25, 0.3) is 5.65 Å². The molecule has 0 fully saturated rings. The number of imidazole rings is 1. The van der Waals surface area contributed by atoms with Gasteiger partial charge in [-0.3, -0.25) is 4.40 Å². The number of carbonyl (C=O) groups excluding carboxylic acids is 1. The van der Waals surface area contributed by atoms with E-state index in [2.05, 4.69) is 4.98 Å². The van der Waals surface area contributed by atoms with E-state index in [1.54, 1.807) is 43.5 Å². The molecule has 0 bridgehead atoms. The molecular weight excluding hydrogens is 260 g/mol. The molecule has 0 aliphatic heterocycles. The van der Waals surface area contributed by atoms with Gasteiger partial charge in [-0.2, -0.15) is 0 Å². The minimum absolute atomic E-state index is 0.175. The number of ether oxygens (including phenoxy) is 2. The van der Waals surface area contributed by atoms with Crippen molar-refractivity contribution in [2.45, 2.75) is 26.4 Å². The van der Waals surface area contributed by atoms with Crippen molar-refractivity contribution in [3.63, 3.8) is 0 Å². The topological polar surface area (TPSA) is 73.1 Å². The minimum atomic E-state index is -0.905. The van der Waals surface area contributed by atoms with Crippen LogP contribution in [0.2, 0.25) is 0 Å². The smallest absolute Gasteiger partial charge is 0.356 e. The maximum atomic E-state index is 11.7. The Kier molecular flexibility index (Phi) is 3.94. The van der Waals surface area contributed by atoms with Gasteiger partial charge in [-0.1, -0.05) is 0 Å². The molecule has 0 radical (unpaired) electrons. The van der Waals surface area contributed by atoms with E-state index < -0.39 is 11.6 Å². The van der Waals surface area contributed by atoms with Crippen molar-refractivity contribution >= 4 is 11.6 Å². The SMILES string of the molecule is CCOC(=O)c1cnc2cc(OCC(C)(C)O)ccn12. The van der Waals surface area contributed by atoms with Crippen molar-refractivity contribution in [1.82, 2.24) is 9.38 Å². The number of hydrogen-bond acceptors (Lipinski definition) is 5. The van der Waals surface area contributed by atoms with Gasteiger partial charge in [0.1, 0.15) is 18.0 Å². The molecule has 0 amide bonds. The summed E-state index contributed by atoms with van der Waals surface area (Å²) in [4.78, 5) is 15.9. The molecule has 0 saturated carbocycles. The van der Waals surface area contributed by atoms with E-state index in [0.29, 0.717) is 23.7 Å². The van der Waals surface area contributed by atoms with Crippen LogP contribution in [0.5, 0.6) is 5.75 Å². The number of aliphatic hydroxyl groups is 1. The van der Waals surface area contributed by atoms with Crippen LogP contribution in [0.4, 0.5) is 0 Å². The van der Waals surface area contributed by atoms with Gasteiger partial charge in [0, 0.05) is 12.3 Å². The minimum Gasteiger partial charge on any atom is -0.490 e. The summed E-state index contributed by atoms with van der Waals surface area (Å²) in [5, 5.41) is 9.62. The Balaban J connectivity index is 2.22. The quantitative estimate of drug-likeness (QED) is 0.842. The number of pyridine rings is 1. The van der Waals surface area contributed by atoms with E-state index in [1.165, 1.54) is 6.20 Å². The second kappa shape index (κ2) is 5.50. The zero-order valence-electron chi connectivity index (χ0n) is 11.8. The predicted octanol–water partition coefficient (Wildman–Crippen LogP) is 1.66. The molecule has 0 aromatic carbocycles. The van der Waals surface area contributed by atoms with E-state index in [4.69, 9.17) is 9.47 Å².